The Balaban J connectivity index is 0.00000442. The predicted molar refractivity (Wildman–Crippen MR) is 176 cm³/mol. The van der Waals surface area contributed by atoms with Crippen molar-refractivity contribution in [3.8, 4) is 16.9 Å². The highest BCUT2D eigenvalue weighted by atomic mass is 35.5. The molecule has 13 heteroatoms. The minimum Gasteiger partial charge on any atom is -0.506 e. The molecule has 0 unspecified atom stereocenters. The molecule has 1 aliphatic rings. The van der Waals surface area contributed by atoms with Crippen molar-refractivity contribution < 1.29 is 14.7 Å². The number of benzene rings is 2. The summed E-state index contributed by atoms with van der Waals surface area (Å²) >= 11 is 11.9. The van der Waals surface area contributed by atoms with Gasteiger partial charge in [-0.1, -0.05) is 35.3 Å². The molecule has 3 heterocycles. The Labute approximate surface area is 270 Å². The van der Waals surface area contributed by atoms with Crippen LogP contribution in [0.25, 0.3) is 11.1 Å². The number of piperazine rings is 1. The minimum absolute atomic E-state index is 0. The number of carbonyl (C=O) groups is 2. The average molecular weight is 658 g/mol. The molecule has 2 amide bonds. The molecule has 0 bridgehead atoms. The van der Waals surface area contributed by atoms with Crippen LogP contribution in [0.1, 0.15) is 20.7 Å². The SMILES string of the molecule is CN1CCN(CCn2cccc(-c3ccc(C(=O)Nc4c(O)cc(Cl)cc4C(=O)Nc4ccc(Cl)cn4)cc3)c2=O)CC1.Cl. The highest BCUT2D eigenvalue weighted by molar-refractivity contribution is 6.32. The van der Waals surface area contributed by atoms with Gasteiger partial charge < -0.3 is 25.2 Å². The molecule has 1 fully saturated rings. The van der Waals surface area contributed by atoms with E-state index in [1.165, 1.54) is 24.4 Å². The second-order valence-corrected chi connectivity index (χ2v) is 11.1. The van der Waals surface area contributed by atoms with E-state index in [9.17, 15) is 19.5 Å². The summed E-state index contributed by atoms with van der Waals surface area (Å²) in [5, 5.41) is 16.3. The Kier molecular flexibility index (Phi) is 11.0. The number of pyridine rings is 2. The van der Waals surface area contributed by atoms with E-state index in [0.717, 1.165) is 32.7 Å². The summed E-state index contributed by atoms with van der Waals surface area (Å²) in [7, 11) is 2.11. The van der Waals surface area contributed by atoms with E-state index in [-0.39, 0.29) is 51.4 Å². The third kappa shape index (κ3) is 7.96. The van der Waals surface area contributed by atoms with E-state index in [0.29, 0.717) is 22.7 Å². The van der Waals surface area contributed by atoms with Crippen LogP contribution in [0.5, 0.6) is 5.75 Å². The van der Waals surface area contributed by atoms with Crippen LogP contribution in [-0.2, 0) is 6.54 Å². The number of carbonyl (C=O) groups excluding carboxylic acids is 2. The normalized spacial score (nSPS) is 13.6. The molecule has 10 nitrogen and oxygen atoms in total. The predicted octanol–water partition coefficient (Wildman–Crippen LogP) is 5.10. The first-order valence-electron chi connectivity index (χ1n) is 13.7. The van der Waals surface area contributed by atoms with Crippen molar-refractivity contribution >= 4 is 58.9 Å². The molecule has 44 heavy (non-hydrogen) atoms. The van der Waals surface area contributed by atoms with Crippen LogP contribution >= 0.6 is 35.6 Å². The molecule has 0 radical (unpaired) electrons. The molecule has 2 aromatic heterocycles. The third-order valence-electron chi connectivity index (χ3n) is 7.27. The van der Waals surface area contributed by atoms with Crippen molar-refractivity contribution in [1.82, 2.24) is 19.4 Å². The molecule has 2 aromatic carbocycles. The summed E-state index contributed by atoms with van der Waals surface area (Å²) in [4.78, 5) is 48.1. The molecular formula is C31H31Cl3N6O4. The summed E-state index contributed by atoms with van der Waals surface area (Å²) in [5.74, 6) is -1.37. The zero-order valence-electron chi connectivity index (χ0n) is 23.8. The van der Waals surface area contributed by atoms with Crippen molar-refractivity contribution in [1.29, 1.82) is 0 Å². The van der Waals surface area contributed by atoms with Crippen LogP contribution < -0.4 is 16.2 Å². The molecule has 230 valence electrons. The number of phenolic OH excluding ortho intramolecular Hbond substituents is 1. The Morgan fingerprint density at radius 1 is 0.909 bits per heavy atom. The Bertz CT molecular complexity index is 1690. The lowest BCUT2D eigenvalue weighted by Gasteiger charge is -2.32. The summed E-state index contributed by atoms with van der Waals surface area (Å²) in [6.45, 7) is 5.38. The molecule has 0 saturated carbocycles. The molecule has 0 spiro atoms. The molecule has 0 atom stereocenters. The van der Waals surface area contributed by atoms with Gasteiger partial charge >= 0.3 is 0 Å². The van der Waals surface area contributed by atoms with E-state index in [2.05, 4.69) is 32.5 Å². The second kappa shape index (κ2) is 14.7. The Hall–Kier alpha value is -3.93. The van der Waals surface area contributed by atoms with E-state index >= 15 is 0 Å². The zero-order chi connectivity index (χ0) is 30.5. The van der Waals surface area contributed by atoms with Gasteiger partial charge in [-0.05, 0) is 55.1 Å². The van der Waals surface area contributed by atoms with Gasteiger partial charge in [0.1, 0.15) is 11.6 Å². The summed E-state index contributed by atoms with van der Waals surface area (Å²) in [6, 6.07) is 15.8. The number of nitrogens with zero attached hydrogens (tertiary/aromatic N) is 4. The number of rotatable bonds is 8. The van der Waals surface area contributed by atoms with Crippen molar-refractivity contribution in [3.05, 3.63) is 105 Å². The monoisotopic (exact) mass is 656 g/mol. The Morgan fingerprint density at radius 3 is 2.32 bits per heavy atom. The van der Waals surface area contributed by atoms with E-state index < -0.39 is 11.8 Å². The number of likely N-dealkylation sites (N-methyl/N-ethyl adjacent to an activating group) is 1. The first kappa shape index (κ1) is 33.0. The van der Waals surface area contributed by atoms with Crippen molar-refractivity contribution in [2.45, 2.75) is 6.54 Å². The number of aromatic hydroxyl groups is 1. The summed E-state index contributed by atoms with van der Waals surface area (Å²) in [6.07, 6.45) is 3.16. The number of amides is 2. The van der Waals surface area contributed by atoms with E-state index in [1.807, 2.05) is 6.07 Å². The van der Waals surface area contributed by atoms with Gasteiger partial charge in [0, 0.05) is 73.9 Å². The number of hydrogen-bond acceptors (Lipinski definition) is 7. The molecule has 1 aliphatic heterocycles. The quantitative estimate of drug-likeness (QED) is 0.226. The highest BCUT2D eigenvalue weighted by Gasteiger charge is 2.20. The first-order chi connectivity index (χ1) is 20.7. The lowest BCUT2D eigenvalue weighted by Crippen LogP contribution is -2.45. The number of nitrogens with one attached hydrogen (secondary N) is 2. The van der Waals surface area contributed by atoms with Crippen LogP contribution in [0.2, 0.25) is 10.0 Å². The van der Waals surface area contributed by atoms with Gasteiger partial charge in [0.05, 0.1) is 16.3 Å². The van der Waals surface area contributed by atoms with Crippen LogP contribution in [0.15, 0.2) is 77.9 Å². The fraction of sp³-hybridized carbons (Fsp3) is 0.226. The lowest BCUT2D eigenvalue weighted by molar-refractivity contribution is 0.102. The molecule has 3 N–H and O–H groups in total. The number of halogens is 3. The molecule has 4 aromatic rings. The van der Waals surface area contributed by atoms with Gasteiger partial charge in [-0.3, -0.25) is 19.3 Å². The largest absolute Gasteiger partial charge is 0.506 e. The van der Waals surface area contributed by atoms with Gasteiger partial charge in [0.15, 0.2) is 0 Å². The van der Waals surface area contributed by atoms with Gasteiger partial charge in [-0.15, -0.1) is 12.4 Å². The second-order valence-electron chi connectivity index (χ2n) is 10.3. The average Bonchev–Trinajstić information content (AvgIpc) is 3.00. The minimum atomic E-state index is -0.647. The van der Waals surface area contributed by atoms with Crippen molar-refractivity contribution in [3.63, 3.8) is 0 Å². The fourth-order valence-electron chi connectivity index (χ4n) is 4.78. The van der Waals surface area contributed by atoms with Crippen LogP contribution in [0.4, 0.5) is 11.5 Å². The number of anilines is 2. The maximum atomic E-state index is 13.2. The number of hydrogen-bond donors (Lipinski definition) is 3. The fourth-order valence-corrected chi connectivity index (χ4v) is 5.10. The maximum Gasteiger partial charge on any atom is 0.259 e. The topological polar surface area (TPSA) is 120 Å². The molecule has 1 saturated heterocycles. The van der Waals surface area contributed by atoms with Crippen LogP contribution in [-0.4, -0.2) is 76.0 Å². The van der Waals surface area contributed by atoms with Gasteiger partial charge in [0.2, 0.25) is 0 Å². The van der Waals surface area contributed by atoms with Gasteiger partial charge in [0.25, 0.3) is 17.4 Å². The van der Waals surface area contributed by atoms with Gasteiger partial charge in [-0.25, -0.2) is 4.98 Å². The van der Waals surface area contributed by atoms with Crippen LogP contribution in [0.3, 0.4) is 0 Å². The first-order valence-corrected chi connectivity index (χ1v) is 14.4. The van der Waals surface area contributed by atoms with Crippen LogP contribution in [0, 0.1) is 0 Å². The molecular weight excluding hydrogens is 627 g/mol. The number of aromatic nitrogens is 2. The third-order valence-corrected chi connectivity index (χ3v) is 7.71. The Morgan fingerprint density at radius 2 is 1.64 bits per heavy atom. The maximum absolute atomic E-state index is 13.2. The van der Waals surface area contributed by atoms with E-state index in [1.54, 1.807) is 47.2 Å². The standard InChI is InChI=1S/C31H30Cl2N6O4.ClH/c1-37-11-13-38(14-12-37)15-16-39-10-2-3-24(31(39)43)20-4-6-21(7-5-20)29(41)36-28-25(17-23(33)18-26(28)40)30(42)35-27-9-8-22(32)19-34-27;/h2-10,17-19,40H,11-16H2,1H3,(H,36,41)(H,34,35,42);1H. The molecule has 5 rings (SSSR count). The van der Waals surface area contributed by atoms with E-state index in [4.69, 9.17) is 23.2 Å². The lowest BCUT2D eigenvalue weighted by atomic mass is 10.0. The summed E-state index contributed by atoms with van der Waals surface area (Å²) in [5.41, 5.74) is 1.17. The van der Waals surface area contributed by atoms with Crippen molar-refractivity contribution in [2.24, 2.45) is 0 Å². The van der Waals surface area contributed by atoms with Gasteiger partial charge in [-0.2, -0.15) is 0 Å². The highest BCUT2D eigenvalue weighted by Crippen LogP contribution is 2.32. The molecule has 0 aliphatic carbocycles. The number of phenols is 1. The summed E-state index contributed by atoms with van der Waals surface area (Å²) < 4.78 is 1.71. The smallest absolute Gasteiger partial charge is 0.259 e. The van der Waals surface area contributed by atoms with Crippen molar-refractivity contribution in [2.75, 3.05) is 50.4 Å². The zero-order valence-corrected chi connectivity index (χ0v) is 26.1.